The molecule has 0 heterocycles. The molecule has 0 fully saturated rings. The smallest absolute Gasteiger partial charge is 0.0430 e. The van der Waals surface area contributed by atoms with Crippen molar-refractivity contribution in [1.82, 2.24) is 4.90 Å². The maximum Gasteiger partial charge on any atom is 0.0430 e. The Labute approximate surface area is 83.1 Å². The minimum absolute atomic E-state index is 0. The van der Waals surface area contributed by atoms with Crippen LogP contribution in [0.25, 0.3) is 0 Å². The lowest BCUT2D eigenvalue weighted by atomic mass is 10.4. The zero-order chi connectivity index (χ0) is 9.82. The van der Waals surface area contributed by atoms with Gasteiger partial charge in [0.1, 0.15) is 0 Å². The van der Waals surface area contributed by atoms with Crippen LogP contribution in [0.4, 0.5) is 0 Å². The number of hydrogen-bond acceptors (Lipinski definition) is 2. The Hall–Kier alpha value is -0.120. The highest BCUT2D eigenvalue weighted by atomic mass is 16.2. The van der Waals surface area contributed by atoms with Crippen molar-refractivity contribution in [3.63, 3.8) is 0 Å². The second-order valence-corrected chi connectivity index (χ2v) is 2.70. The van der Waals surface area contributed by atoms with Gasteiger partial charge in [0.15, 0.2) is 0 Å². The molecule has 3 nitrogen and oxygen atoms in total. The summed E-state index contributed by atoms with van der Waals surface area (Å²) in [4.78, 5) is 2.38. The normalized spacial score (nSPS) is 8.77. The van der Waals surface area contributed by atoms with E-state index >= 15 is 0 Å². The number of nitrogens with zero attached hydrogens (tertiary/aromatic N) is 1. The second-order valence-electron chi connectivity index (χ2n) is 2.70. The van der Waals surface area contributed by atoms with Crippen LogP contribution in [-0.4, -0.2) is 41.7 Å². The number of rotatable bonds is 5. The van der Waals surface area contributed by atoms with Crippen molar-refractivity contribution in [1.29, 1.82) is 0 Å². The van der Waals surface area contributed by atoms with Crippen LogP contribution < -0.4 is 0 Å². The lowest BCUT2D eigenvalue weighted by Gasteiger charge is -2.13. The summed E-state index contributed by atoms with van der Waals surface area (Å²) >= 11 is 0. The highest BCUT2D eigenvalue weighted by Gasteiger charge is 1.89. The monoisotopic (exact) mass is 193 g/mol. The molecule has 0 aliphatic heterocycles. The van der Waals surface area contributed by atoms with E-state index in [1.807, 2.05) is 0 Å². The Morgan fingerprint density at radius 3 is 1.31 bits per heavy atom. The Bertz CT molecular complexity index is 58.4. The van der Waals surface area contributed by atoms with Crippen molar-refractivity contribution < 1.29 is 10.6 Å². The molecule has 0 unspecified atom stereocenters. The van der Waals surface area contributed by atoms with Gasteiger partial charge >= 0.3 is 0 Å². The molecule has 3 N–H and O–H groups in total. The predicted octanol–water partition coefficient (Wildman–Crippen LogP) is 1.30. The molecule has 0 saturated heterocycles. The van der Waals surface area contributed by atoms with Gasteiger partial charge in [0, 0.05) is 6.61 Å². The first-order valence-corrected chi connectivity index (χ1v) is 5.09. The molecule has 0 aromatic heterocycles. The van der Waals surface area contributed by atoms with E-state index in [2.05, 4.69) is 32.6 Å². The molecular formula is C10H27NO2. The molecule has 3 heteroatoms. The Morgan fingerprint density at radius 1 is 0.923 bits per heavy atom. The first kappa shape index (κ1) is 18.6. The minimum atomic E-state index is 0. The highest BCUT2D eigenvalue weighted by molar-refractivity contribution is 4.43. The zero-order valence-corrected chi connectivity index (χ0v) is 9.64. The summed E-state index contributed by atoms with van der Waals surface area (Å²) < 4.78 is 0. The fourth-order valence-corrected chi connectivity index (χ4v) is 0.829. The van der Waals surface area contributed by atoms with Gasteiger partial charge in [-0.3, -0.25) is 0 Å². The molecular weight excluding hydrogens is 166 g/mol. The predicted molar refractivity (Wildman–Crippen MR) is 59.1 cm³/mol. The number of unbranched alkanes of at least 4 members (excludes halogenated alkanes) is 1. The Balaban J connectivity index is -0.000000150. The van der Waals surface area contributed by atoms with Gasteiger partial charge in [0.25, 0.3) is 0 Å². The fraction of sp³-hybridized carbons (Fsp3) is 1.00. The highest BCUT2D eigenvalue weighted by Crippen LogP contribution is 1.81. The number of hydrogen-bond donors (Lipinski definition) is 1. The van der Waals surface area contributed by atoms with Crippen LogP contribution in [0.5, 0.6) is 0 Å². The standard InChI is InChI=1S/C6H15N.C4H10O.H2O/c1-4-7(5-2)6-3;1-2-3-4-5;/h4-6H2,1-3H3;5H,2-4H2,1H3;1H2. The van der Waals surface area contributed by atoms with E-state index in [4.69, 9.17) is 5.11 Å². The zero-order valence-electron chi connectivity index (χ0n) is 9.64. The molecule has 13 heavy (non-hydrogen) atoms. The SMILES string of the molecule is CCCCO.CCN(CC)CC.O. The maximum absolute atomic E-state index is 8.07. The van der Waals surface area contributed by atoms with Crippen molar-refractivity contribution in [2.45, 2.75) is 40.5 Å². The third-order valence-corrected chi connectivity index (χ3v) is 1.85. The molecule has 0 radical (unpaired) electrons. The van der Waals surface area contributed by atoms with Crippen molar-refractivity contribution >= 4 is 0 Å². The van der Waals surface area contributed by atoms with E-state index in [-0.39, 0.29) is 5.48 Å². The van der Waals surface area contributed by atoms with E-state index < -0.39 is 0 Å². The third kappa shape index (κ3) is 18.7. The first-order chi connectivity index (χ1) is 5.76. The van der Waals surface area contributed by atoms with Crippen molar-refractivity contribution in [2.75, 3.05) is 26.2 Å². The van der Waals surface area contributed by atoms with Crippen LogP contribution in [0, 0.1) is 0 Å². The average molecular weight is 193 g/mol. The summed E-state index contributed by atoms with van der Waals surface area (Å²) in [5.74, 6) is 0. The van der Waals surface area contributed by atoms with Gasteiger partial charge in [-0.1, -0.05) is 34.1 Å². The molecule has 0 aliphatic rings. The van der Waals surface area contributed by atoms with Crippen molar-refractivity contribution in [3.05, 3.63) is 0 Å². The molecule has 0 rings (SSSR count). The van der Waals surface area contributed by atoms with E-state index in [9.17, 15) is 0 Å². The molecule has 84 valence electrons. The summed E-state index contributed by atoms with van der Waals surface area (Å²) in [6.45, 7) is 12.5. The van der Waals surface area contributed by atoms with E-state index in [0.29, 0.717) is 6.61 Å². The quantitative estimate of drug-likeness (QED) is 0.715. The van der Waals surface area contributed by atoms with Crippen molar-refractivity contribution in [2.24, 2.45) is 0 Å². The molecule has 0 atom stereocenters. The molecule has 0 aromatic rings. The van der Waals surface area contributed by atoms with Gasteiger partial charge < -0.3 is 15.5 Å². The van der Waals surface area contributed by atoms with Crippen LogP contribution in [0.1, 0.15) is 40.5 Å². The van der Waals surface area contributed by atoms with Crippen LogP contribution in [0.2, 0.25) is 0 Å². The molecule has 0 aliphatic carbocycles. The summed E-state index contributed by atoms with van der Waals surface area (Å²) in [6.07, 6.45) is 2.04. The van der Waals surface area contributed by atoms with E-state index in [1.165, 1.54) is 19.6 Å². The fourth-order valence-electron chi connectivity index (χ4n) is 0.829. The van der Waals surface area contributed by atoms with Gasteiger partial charge in [-0.05, 0) is 26.1 Å². The maximum atomic E-state index is 8.07. The van der Waals surface area contributed by atoms with Gasteiger partial charge in [0.05, 0.1) is 0 Å². The average Bonchev–Trinajstić information content (AvgIpc) is 2.10. The van der Waals surface area contributed by atoms with Crippen LogP contribution >= 0.6 is 0 Å². The van der Waals surface area contributed by atoms with Crippen LogP contribution in [-0.2, 0) is 0 Å². The second kappa shape index (κ2) is 17.8. The summed E-state index contributed by atoms with van der Waals surface area (Å²) in [5, 5.41) is 8.07. The Kier molecular flexibility index (Phi) is 25.5. The largest absolute Gasteiger partial charge is 0.412 e. The third-order valence-electron chi connectivity index (χ3n) is 1.85. The number of aliphatic hydroxyl groups excluding tert-OH is 1. The van der Waals surface area contributed by atoms with Gasteiger partial charge in [0.2, 0.25) is 0 Å². The van der Waals surface area contributed by atoms with Crippen molar-refractivity contribution in [3.8, 4) is 0 Å². The van der Waals surface area contributed by atoms with E-state index in [0.717, 1.165) is 12.8 Å². The minimum Gasteiger partial charge on any atom is -0.412 e. The molecule has 0 bridgehead atoms. The molecule has 0 aromatic carbocycles. The first-order valence-electron chi connectivity index (χ1n) is 5.09. The molecule has 0 amide bonds. The van der Waals surface area contributed by atoms with Gasteiger partial charge in [-0.2, -0.15) is 0 Å². The summed E-state index contributed by atoms with van der Waals surface area (Å²) in [5.41, 5.74) is 0. The molecule has 0 spiro atoms. The van der Waals surface area contributed by atoms with Gasteiger partial charge in [-0.25, -0.2) is 0 Å². The lowest BCUT2D eigenvalue weighted by Crippen LogP contribution is -2.21. The Morgan fingerprint density at radius 2 is 1.31 bits per heavy atom. The topological polar surface area (TPSA) is 55.0 Å². The summed E-state index contributed by atoms with van der Waals surface area (Å²) in [6, 6.07) is 0. The van der Waals surface area contributed by atoms with E-state index in [1.54, 1.807) is 0 Å². The van der Waals surface area contributed by atoms with Crippen LogP contribution in [0.15, 0.2) is 0 Å². The summed E-state index contributed by atoms with van der Waals surface area (Å²) in [7, 11) is 0. The molecule has 0 saturated carbocycles. The lowest BCUT2D eigenvalue weighted by molar-refractivity contribution is 0.287. The number of aliphatic hydroxyl groups is 1. The van der Waals surface area contributed by atoms with Gasteiger partial charge in [-0.15, -0.1) is 0 Å². The van der Waals surface area contributed by atoms with Crippen LogP contribution in [0.3, 0.4) is 0 Å².